The number of pyridine rings is 1. The van der Waals surface area contributed by atoms with Crippen molar-refractivity contribution in [1.29, 1.82) is 0 Å². The average Bonchev–Trinajstić information content (AvgIpc) is 2.29. The van der Waals surface area contributed by atoms with Crippen LogP contribution in [0.3, 0.4) is 0 Å². The first-order valence-electron chi connectivity index (χ1n) is 5.03. The maximum atomic E-state index is 12.0. The molecule has 0 fully saturated rings. The summed E-state index contributed by atoms with van der Waals surface area (Å²) in [6.45, 7) is 2.96. The highest BCUT2D eigenvalue weighted by Gasteiger charge is 2.13. The third-order valence-electron chi connectivity index (χ3n) is 2.04. The molecule has 0 radical (unpaired) electrons. The van der Waals surface area contributed by atoms with Gasteiger partial charge in [-0.25, -0.2) is 4.98 Å². The molecule has 1 aromatic rings. The number of amides is 1. The van der Waals surface area contributed by atoms with E-state index in [4.69, 9.17) is 18.0 Å². The summed E-state index contributed by atoms with van der Waals surface area (Å²) in [4.78, 5) is 17.5. The molecule has 4 heteroatoms. The molecule has 1 heterocycles. The summed E-state index contributed by atoms with van der Waals surface area (Å²) >= 11 is 5.65. The third-order valence-corrected chi connectivity index (χ3v) is 2.26. The van der Waals surface area contributed by atoms with Crippen LogP contribution in [0.1, 0.15) is 23.7 Å². The molecule has 0 aliphatic carbocycles. The van der Waals surface area contributed by atoms with E-state index < -0.39 is 0 Å². The van der Waals surface area contributed by atoms with E-state index in [2.05, 4.69) is 10.9 Å². The Balaban J connectivity index is 2.82. The van der Waals surface area contributed by atoms with E-state index >= 15 is 0 Å². The molecule has 0 N–H and O–H groups in total. The number of aromatic nitrogens is 1. The number of terminal acetylenes is 1. The molecular weight excluding hydrogens is 224 g/mol. The van der Waals surface area contributed by atoms with Crippen LogP contribution in [0.2, 0.25) is 5.15 Å². The number of hydrogen-bond acceptors (Lipinski definition) is 2. The first-order valence-corrected chi connectivity index (χ1v) is 5.41. The second-order valence-corrected chi connectivity index (χ2v) is 3.69. The van der Waals surface area contributed by atoms with Gasteiger partial charge in [-0.3, -0.25) is 4.79 Å². The van der Waals surface area contributed by atoms with Gasteiger partial charge in [-0.2, -0.15) is 0 Å². The molecule has 0 aliphatic heterocycles. The van der Waals surface area contributed by atoms with Crippen molar-refractivity contribution < 1.29 is 4.79 Å². The number of halogens is 1. The van der Waals surface area contributed by atoms with E-state index in [1.165, 1.54) is 6.20 Å². The van der Waals surface area contributed by atoms with Crippen LogP contribution in [0.15, 0.2) is 18.3 Å². The minimum absolute atomic E-state index is 0.107. The molecule has 1 rings (SSSR count). The quantitative estimate of drug-likeness (QED) is 0.593. The molecule has 0 saturated heterocycles. The molecule has 0 spiro atoms. The zero-order chi connectivity index (χ0) is 12.0. The summed E-state index contributed by atoms with van der Waals surface area (Å²) in [5.41, 5.74) is 0.508. The van der Waals surface area contributed by atoms with E-state index in [0.29, 0.717) is 23.8 Å². The molecule has 84 valence electrons. The molecule has 16 heavy (non-hydrogen) atoms. The van der Waals surface area contributed by atoms with Gasteiger partial charge in [0.05, 0.1) is 12.1 Å². The van der Waals surface area contributed by atoms with Crippen molar-refractivity contribution in [2.24, 2.45) is 0 Å². The molecule has 1 amide bonds. The highest BCUT2D eigenvalue weighted by molar-refractivity contribution is 6.29. The van der Waals surface area contributed by atoms with Crippen molar-refractivity contribution >= 4 is 17.5 Å². The maximum absolute atomic E-state index is 12.0. The standard InChI is InChI=1S/C12H13ClN2O/c1-3-7-15(8-4-2)12(16)10-5-6-11(13)14-9-10/h1,5-6,9H,4,7-8H2,2H3. The summed E-state index contributed by atoms with van der Waals surface area (Å²) in [5, 5.41) is 0.371. The molecule has 3 nitrogen and oxygen atoms in total. The minimum atomic E-state index is -0.107. The van der Waals surface area contributed by atoms with Crippen LogP contribution in [0.25, 0.3) is 0 Å². The third kappa shape index (κ3) is 3.25. The van der Waals surface area contributed by atoms with Gasteiger partial charge in [-0.1, -0.05) is 24.4 Å². The lowest BCUT2D eigenvalue weighted by atomic mass is 10.2. The molecule has 0 saturated carbocycles. The lowest BCUT2D eigenvalue weighted by Gasteiger charge is -2.19. The first kappa shape index (κ1) is 12.5. The van der Waals surface area contributed by atoms with Gasteiger partial charge in [0.15, 0.2) is 0 Å². The van der Waals surface area contributed by atoms with Gasteiger partial charge in [-0.15, -0.1) is 6.42 Å². The van der Waals surface area contributed by atoms with Crippen LogP contribution in [-0.4, -0.2) is 28.9 Å². The normalized spacial score (nSPS) is 9.56. The van der Waals surface area contributed by atoms with E-state index in [0.717, 1.165) is 6.42 Å². The Labute approximate surface area is 100 Å². The predicted molar refractivity (Wildman–Crippen MR) is 64.3 cm³/mol. The number of rotatable bonds is 4. The lowest BCUT2D eigenvalue weighted by Crippen LogP contribution is -2.32. The van der Waals surface area contributed by atoms with Crippen LogP contribution < -0.4 is 0 Å². The van der Waals surface area contributed by atoms with Gasteiger partial charge in [0.2, 0.25) is 0 Å². The monoisotopic (exact) mass is 236 g/mol. The zero-order valence-corrected chi connectivity index (χ0v) is 9.87. The topological polar surface area (TPSA) is 33.2 Å². The molecular formula is C12H13ClN2O. The second kappa shape index (κ2) is 6.14. The van der Waals surface area contributed by atoms with Gasteiger partial charge in [0.1, 0.15) is 5.15 Å². The summed E-state index contributed by atoms with van der Waals surface area (Å²) < 4.78 is 0. The van der Waals surface area contributed by atoms with Crippen LogP contribution in [0.5, 0.6) is 0 Å². The van der Waals surface area contributed by atoms with Crippen LogP contribution in [-0.2, 0) is 0 Å². The molecule has 0 unspecified atom stereocenters. The Morgan fingerprint density at radius 1 is 1.62 bits per heavy atom. The SMILES string of the molecule is C#CCN(CCC)C(=O)c1ccc(Cl)nc1. The Hall–Kier alpha value is -1.53. The van der Waals surface area contributed by atoms with Crippen molar-refractivity contribution in [2.45, 2.75) is 13.3 Å². The number of hydrogen-bond donors (Lipinski definition) is 0. The minimum Gasteiger partial charge on any atom is -0.327 e. The molecule has 0 bridgehead atoms. The molecule has 0 aliphatic rings. The predicted octanol–water partition coefficient (Wildman–Crippen LogP) is 2.22. The fourth-order valence-corrected chi connectivity index (χ4v) is 1.43. The highest BCUT2D eigenvalue weighted by atomic mass is 35.5. The lowest BCUT2D eigenvalue weighted by molar-refractivity contribution is 0.0776. The van der Waals surface area contributed by atoms with Gasteiger partial charge >= 0.3 is 0 Å². The summed E-state index contributed by atoms with van der Waals surface area (Å²) in [6.07, 6.45) is 7.55. The molecule has 0 aromatic carbocycles. The van der Waals surface area contributed by atoms with E-state index in [-0.39, 0.29) is 5.91 Å². The van der Waals surface area contributed by atoms with Crippen molar-refractivity contribution in [3.8, 4) is 12.3 Å². The second-order valence-electron chi connectivity index (χ2n) is 3.30. The fourth-order valence-electron chi connectivity index (χ4n) is 1.32. The average molecular weight is 237 g/mol. The van der Waals surface area contributed by atoms with Crippen molar-refractivity contribution in [2.75, 3.05) is 13.1 Å². The summed E-state index contributed by atoms with van der Waals surface area (Å²) in [5.74, 6) is 2.37. The Morgan fingerprint density at radius 3 is 2.88 bits per heavy atom. The van der Waals surface area contributed by atoms with Gasteiger partial charge < -0.3 is 4.90 Å². The fraction of sp³-hybridized carbons (Fsp3) is 0.333. The van der Waals surface area contributed by atoms with E-state index in [1.807, 2.05) is 6.92 Å². The number of nitrogens with zero attached hydrogens (tertiary/aromatic N) is 2. The first-order chi connectivity index (χ1) is 7.69. The Kier molecular flexibility index (Phi) is 4.81. The number of carbonyl (C=O) groups is 1. The molecule has 0 atom stereocenters. The summed E-state index contributed by atoms with van der Waals surface area (Å²) in [6, 6.07) is 3.24. The van der Waals surface area contributed by atoms with Crippen LogP contribution in [0, 0.1) is 12.3 Å². The smallest absolute Gasteiger partial charge is 0.256 e. The molecule has 1 aromatic heterocycles. The highest BCUT2D eigenvalue weighted by Crippen LogP contribution is 2.08. The van der Waals surface area contributed by atoms with Gasteiger partial charge in [0, 0.05) is 12.7 Å². The largest absolute Gasteiger partial charge is 0.327 e. The van der Waals surface area contributed by atoms with E-state index in [9.17, 15) is 4.79 Å². The van der Waals surface area contributed by atoms with Gasteiger partial charge in [0.25, 0.3) is 5.91 Å². The van der Waals surface area contributed by atoms with Crippen molar-refractivity contribution in [3.05, 3.63) is 29.0 Å². The number of carbonyl (C=O) groups excluding carboxylic acids is 1. The van der Waals surface area contributed by atoms with E-state index in [1.54, 1.807) is 17.0 Å². The Bertz CT molecular complexity index is 394. The summed E-state index contributed by atoms with van der Waals surface area (Å²) in [7, 11) is 0. The van der Waals surface area contributed by atoms with Gasteiger partial charge in [-0.05, 0) is 18.6 Å². The maximum Gasteiger partial charge on any atom is 0.256 e. The Morgan fingerprint density at radius 2 is 2.38 bits per heavy atom. The van der Waals surface area contributed by atoms with Crippen molar-refractivity contribution in [3.63, 3.8) is 0 Å². The van der Waals surface area contributed by atoms with Crippen LogP contribution >= 0.6 is 11.6 Å². The van der Waals surface area contributed by atoms with Crippen molar-refractivity contribution in [1.82, 2.24) is 9.88 Å². The van der Waals surface area contributed by atoms with Crippen LogP contribution in [0.4, 0.5) is 0 Å². The zero-order valence-electron chi connectivity index (χ0n) is 9.11.